The van der Waals surface area contributed by atoms with Crippen LogP contribution in [0.3, 0.4) is 0 Å². The number of carbonyl (C=O) groups is 2. The number of benzene rings is 1. The number of rotatable bonds is 6. The highest BCUT2D eigenvalue weighted by atomic mass is 16.5. The van der Waals surface area contributed by atoms with Gasteiger partial charge in [0.1, 0.15) is 5.75 Å². The van der Waals surface area contributed by atoms with Crippen molar-refractivity contribution in [1.82, 2.24) is 10.6 Å². The summed E-state index contributed by atoms with van der Waals surface area (Å²) in [5.74, 6) is 0.0880. The molecule has 1 fully saturated rings. The Hall–Kier alpha value is -2.08. The Morgan fingerprint density at radius 3 is 2.76 bits per heavy atom. The summed E-state index contributed by atoms with van der Waals surface area (Å²) in [6, 6.07) is 5.51. The molecule has 6 heteroatoms. The molecule has 1 aliphatic carbocycles. The van der Waals surface area contributed by atoms with Gasteiger partial charge in [0.2, 0.25) is 0 Å². The van der Waals surface area contributed by atoms with E-state index in [1.54, 1.807) is 6.92 Å². The normalized spacial score (nSPS) is 15.3. The molecule has 6 nitrogen and oxygen atoms in total. The molecular weight excluding hydrogens is 270 g/mol. The molecule has 1 aromatic carbocycles. The molecule has 1 aromatic rings. The van der Waals surface area contributed by atoms with Gasteiger partial charge in [0.25, 0.3) is 5.91 Å². The topological polar surface area (TPSA) is 93.4 Å². The molecule has 0 radical (unpaired) electrons. The van der Waals surface area contributed by atoms with E-state index in [1.807, 2.05) is 30.4 Å². The van der Waals surface area contributed by atoms with Crippen molar-refractivity contribution in [2.45, 2.75) is 45.4 Å². The number of nitrogens with one attached hydrogen (secondary N) is 2. The highest BCUT2D eigenvalue weighted by Crippen LogP contribution is 2.24. The molecule has 2 rings (SSSR count). The number of primary amides is 1. The van der Waals surface area contributed by atoms with Crippen molar-refractivity contribution in [1.29, 1.82) is 0 Å². The minimum Gasteiger partial charge on any atom is -0.481 e. The number of aryl methyl sites for hydroxylation is 1. The van der Waals surface area contributed by atoms with Crippen LogP contribution in [0.25, 0.3) is 0 Å². The third kappa shape index (κ3) is 4.75. The van der Waals surface area contributed by atoms with E-state index in [9.17, 15) is 9.59 Å². The Labute approximate surface area is 124 Å². The zero-order valence-corrected chi connectivity index (χ0v) is 12.3. The Bertz CT molecular complexity index is 541. The molecule has 0 heterocycles. The summed E-state index contributed by atoms with van der Waals surface area (Å²) >= 11 is 0. The zero-order valence-electron chi connectivity index (χ0n) is 12.3. The van der Waals surface area contributed by atoms with Crippen LogP contribution in [0.4, 0.5) is 4.79 Å². The van der Waals surface area contributed by atoms with E-state index in [2.05, 4.69) is 5.32 Å². The van der Waals surface area contributed by atoms with Crippen LogP contribution in [0, 0.1) is 6.92 Å². The molecule has 0 spiro atoms. The number of carbonyl (C=O) groups excluding carboxylic acids is 2. The summed E-state index contributed by atoms with van der Waals surface area (Å²) in [6.07, 6.45) is 1.62. The number of amides is 3. The van der Waals surface area contributed by atoms with Crippen molar-refractivity contribution in [2.24, 2.45) is 5.73 Å². The van der Waals surface area contributed by atoms with Crippen LogP contribution in [0.5, 0.6) is 5.75 Å². The first-order valence-corrected chi connectivity index (χ1v) is 7.05. The molecule has 0 saturated heterocycles. The van der Waals surface area contributed by atoms with Crippen LogP contribution in [0.15, 0.2) is 18.2 Å². The summed E-state index contributed by atoms with van der Waals surface area (Å²) in [6.45, 7) is 4.29. The number of ether oxygens (including phenoxy) is 1. The summed E-state index contributed by atoms with van der Waals surface area (Å²) in [5, 5.41) is 5.43. The van der Waals surface area contributed by atoms with Crippen molar-refractivity contribution >= 4 is 11.9 Å². The van der Waals surface area contributed by atoms with E-state index >= 15 is 0 Å². The van der Waals surface area contributed by atoms with Crippen LogP contribution in [0.1, 0.15) is 30.9 Å². The van der Waals surface area contributed by atoms with Crippen molar-refractivity contribution in [3.05, 3.63) is 29.3 Å². The second kappa shape index (κ2) is 6.58. The SMILES string of the molecule is Cc1ccc(OC(C)C(=O)NC(N)=O)c(CNC2CC2)c1. The maximum Gasteiger partial charge on any atom is 0.318 e. The number of nitrogens with two attached hydrogens (primary N) is 1. The molecule has 1 atom stereocenters. The van der Waals surface area contributed by atoms with Crippen molar-refractivity contribution in [2.75, 3.05) is 0 Å². The van der Waals surface area contributed by atoms with Crippen LogP contribution >= 0.6 is 0 Å². The third-order valence-corrected chi connectivity index (χ3v) is 3.29. The second-order valence-electron chi connectivity index (χ2n) is 5.38. The summed E-state index contributed by atoms with van der Waals surface area (Å²) in [4.78, 5) is 22.3. The van der Waals surface area contributed by atoms with Gasteiger partial charge in [0.05, 0.1) is 0 Å². The Morgan fingerprint density at radius 1 is 1.43 bits per heavy atom. The fourth-order valence-electron chi connectivity index (χ4n) is 1.97. The molecular formula is C15H21N3O3. The average molecular weight is 291 g/mol. The Balaban J connectivity index is 2.03. The maximum absolute atomic E-state index is 11.7. The molecule has 1 unspecified atom stereocenters. The van der Waals surface area contributed by atoms with Crippen LogP contribution < -0.4 is 21.1 Å². The molecule has 4 N–H and O–H groups in total. The quantitative estimate of drug-likeness (QED) is 0.734. The monoisotopic (exact) mass is 291 g/mol. The van der Waals surface area contributed by atoms with Crippen LogP contribution in [-0.4, -0.2) is 24.1 Å². The van der Waals surface area contributed by atoms with Crippen molar-refractivity contribution < 1.29 is 14.3 Å². The summed E-state index contributed by atoms with van der Waals surface area (Å²) in [7, 11) is 0. The van der Waals surface area contributed by atoms with Gasteiger partial charge in [0.15, 0.2) is 6.10 Å². The molecule has 0 aliphatic heterocycles. The first kappa shape index (κ1) is 15.3. The molecule has 1 saturated carbocycles. The highest BCUT2D eigenvalue weighted by Gasteiger charge is 2.22. The lowest BCUT2D eigenvalue weighted by Crippen LogP contribution is -2.42. The van der Waals surface area contributed by atoms with Gasteiger partial charge in [-0.25, -0.2) is 4.79 Å². The Kier molecular flexibility index (Phi) is 4.80. The third-order valence-electron chi connectivity index (χ3n) is 3.29. The number of imide groups is 1. The van der Waals surface area contributed by atoms with E-state index in [-0.39, 0.29) is 0 Å². The predicted molar refractivity (Wildman–Crippen MR) is 78.9 cm³/mol. The van der Waals surface area contributed by atoms with Crippen LogP contribution in [-0.2, 0) is 11.3 Å². The molecule has 114 valence electrons. The number of urea groups is 1. The van der Waals surface area contributed by atoms with Crippen LogP contribution in [0.2, 0.25) is 0 Å². The largest absolute Gasteiger partial charge is 0.481 e. The minimum absolute atomic E-state index is 0.552. The van der Waals surface area contributed by atoms with Gasteiger partial charge in [-0.15, -0.1) is 0 Å². The van der Waals surface area contributed by atoms with E-state index in [1.165, 1.54) is 12.8 Å². The van der Waals surface area contributed by atoms with E-state index in [0.717, 1.165) is 11.1 Å². The molecule has 0 aromatic heterocycles. The molecule has 1 aliphatic rings. The number of hydrogen-bond donors (Lipinski definition) is 3. The smallest absolute Gasteiger partial charge is 0.318 e. The minimum atomic E-state index is -0.880. The van der Waals surface area contributed by atoms with Gasteiger partial charge >= 0.3 is 6.03 Å². The number of hydrogen-bond acceptors (Lipinski definition) is 4. The van der Waals surface area contributed by atoms with Gasteiger partial charge in [0, 0.05) is 18.2 Å². The molecule has 21 heavy (non-hydrogen) atoms. The lowest BCUT2D eigenvalue weighted by molar-refractivity contribution is -0.126. The molecule has 0 bridgehead atoms. The average Bonchev–Trinajstić information content (AvgIpc) is 3.22. The van der Waals surface area contributed by atoms with E-state index < -0.39 is 18.0 Å². The van der Waals surface area contributed by atoms with Gasteiger partial charge in [-0.1, -0.05) is 17.7 Å². The van der Waals surface area contributed by atoms with Crippen molar-refractivity contribution in [3.63, 3.8) is 0 Å². The second-order valence-corrected chi connectivity index (χ2v) is 5.38. The summed E-state index contributed by atoms with van der Waals surface area (Å²) < 4.78 is 5.66. The highest BCUT2D eigenvalue weighted by molar-refractivity contribution is 5.95. The fourth-order valence-corrected chi connectivity index (χ4v) is 1.97. The van der Waals surface area contributed by atoms with Gasteiger partial charge in [-0.3, -0.25) is 10.1 Å². The lowest BCUT2D eigenvalue weighted by Gasteiger charge is -2.17. The van der Waals surface area contributed by atoms with Gasteiger partial charge in [-0.05, 0) is 32.8 Å². The lowest BCUT2D eigenvalue weighted by atomic mass is 10.1. The van der Waals surface area contributed by atoms with Gasteiger partial charge < -0.3 is 15.8 Å². The van der Waals surface area contributed by atoms with E-state index in [0.29, 0.717) is 18.3 Å². The fraction of sp³-hybridized carbons (Fsp3) is 0.467. The Morgan fingerprint density at radius 2 is 2.14 bits per heavy atom. The predicted octanol–water partition coefficient (Wildman–Crippen LogP) is 1.21. The first-order valence-electron chi connectivity index (χ1n) is 7.05. The first-order chi connectivity index (χ1) is 9.95. The maximum atomic E-state index is 11.7. The zero-order chi connectivity index (χ0) is 15.4. The van der Waals surface area contributed by atoms with Crippen molar-refractivity contribution in [3.8, 4) is 5.75 Å². The summed E-state index contributed by atoms with van der Waals surface area (Å²) in [5.41, 5.74) is 7.06. The van der Waals surface area contributed by atoms with Gasteiger partial charge in [-0.2, -0.15) is 0 Å². The van der Waals surface area contributed by atoms with E-state index in [4.69, 9.17) is 10.5 Å². The standard InChI is InChI=1S/C15H21N3O3/c1-9-3-6-13(11(7-9)8-17-12-4-5-12)21-10(2)14(19)18-15(16)20/h3,6-7,10,12,17H,4-5,8H2,1-2H3,(H3,16,18,19,20). The molecule has 3 amide bonds.